The maximum atomic E-state index is 13.7. The molecule has 0 radical (unpaired) electrons. The van der Waals surface area contributed by atoms with E-state index < -0.39 is 42.0 Å². The molecule has 114 valence electrons. The van der Waals surface area contributed by atoms with Gasteiger partial charge in [0.05, 0.1) is 11.1 Å². The van der Waals surface area contributed by atoms with Crippen LogP contribution in [0.3, 0.4) is 0 Å². The highest BCUT2D eigenvalue weighted by Crippen LogP contribution is 2.38. The summed E-state index contributed by atoms with van der Waals surface area (Å²) in [4.78, 5) is 48.2. The number of rotatable bonds is 2. The summed E-state index contributed by atoms with van der Waals surface area (Å²) in [5, 5.41) is 1.79. The molecule has 0 aliphatic carbocycles. The number of fused-ring (bicyclic) bond motifs is 1. The molecule has 1 atom stereocenters. The predicted octanol–water partition coefficient (Wildman–Crippen LogP) is 0.723. The Kier molecular flexibility index (Phi) is 3.05. The van der Waals surface area contributed by atoms with Crippen molar-refractivity contribution in [3.8, 4) is 0 Å². The summed E-state index contributed by atoms with van der Waals surface area (Å²) >= 11 is 0. The lowest BCUT2D eigenvalue weighted by molar-refractivity contribution is -0.150. The molecule has 4 amide bonds. The van der Waals surface area contributed by atoms with Crippen molar-refractivity contribution >= 4 is 23.6 Å². The number of nitrogens with one attached hydrogen (secondary N) is 1. The molecule has 0 bridgehead atoms. The average Bonchev–Trinajstić information content (AvgIpc) is 2.73. The van der Waals surface area contributed by atoms with Gasteiger partial charge in [0.1, 0.15) is 0 Å². The van der Waals surface area contributed by atoms with Crippen LogP contribution in [0.15, 0.2) is 24.3 Å². The van der Waals surface area contributed by atoms with Crippen LogP contribution in [0.2, 0.25) is 0 Å². The van der Waals surface area contributed by atoms with E-state index in [2.05, 4.69) is 0 Å². The Hall–Kier alpha value is -2.64. The first-order valence-corrected chi connectivity index (χ1v) is 6.50. The van der Waals surface area contributed by atoms with Crippen molar-refractivity contribution in [3.63, 3.8) is 0 Å². The fraction of sp³-hybridized carbons (Fsp3) is 0.286. The second kappa shape index (κ2) is 4.69. The molecule has 22 heavy (non-hydrogen) atoms. The van der Waals surface area contributed by atoms with Crippen molar-refractivity contribution in [2.75, 3.05) is 0 Å². The van der Waals surface area contributed by atoms with Crippen molar-refractivity contribution in [3.05, 3.63) is 35.4 Å². The van der Waals surface area contributed by atoms with Crippen LogP contribution < -0.4 is 5.32 Å². The smallest absolute Gasteiger partial charge is 0.271 e. The summed E-state index contributed by atoms with van der Waals surface area (Å²) in [6.07, 6.45) is -4.27. The van der Waals surface area contributed by atoms with Gasteiger partial charge in [-0.05, 0) is 18.6 Å². The SMILES string of the molecule is O=C1CCC(C(F)F)(N2C(=O)c3ccccc3C2=O)C(=O)N1. The van der Waals surface area contributed by atoms with Gasteiger partial charge in [0.25, 0.3) is 24.1 Å². The van der Waals surface area contributed by atoms with E-state index in [4.69, 9.17) is 0 Å². The minimum atomic E-state index is -3.30. The number of nitrogens with zero attached hydrogens (tertiary/aromatic N) is 1. The van der Waals surface area contributed by atoms with Gasteiger partial charge < -0.3 is 0 Å². The van der Waals surface area contributed by atoms with E-state index in [0.717, 1.165) is 0 Å². The summed E-state index contributed by atoms with van der Waals surface area (Å²) in [7, 11) is 0. The molecule has 6 nitrogen and oxygen atoms in total. The van der Waals surface area contributed by atoms with Gasteiger partial charge >= 0.3 is 0 Å². The number of carbonyl (C=O) groups is 4. The van der Waals surface area contributed by atoms with Crippen LogP contribution >= 0.6 is 0 Å². The second-order valence-corrected chi connectivity index (χ2v) is 5.09. The van der Waals surface area contributed by atoms with Crippen LogP contribution in [0, 0.1) is 0 Å². The third-order valence-electron chi connectivity index (χ3n) is 3.93. The third-order valence-corrected chi connectivity index (χ3v) is 3.93. The Balaban J connectivity index is 2.12. The maximum absolute atomic E-state index is 13.7. The van der Waals surface area contributed by atoms with E-state index in [1.165, 1.54) is 24.3 Å². The minimum absolute atomic E-state index is 0.0303. The molecular weight excluding hydrogens is 298 g/mol. The molecular formula is C14H10F2N2O4. The molecule has 0 aromatic heterocycles. The first-order chi connectivity index (χ1) is 10.4. The molecule has 1 saturated heterocycles. The first-order valence-electron chi connectivity index (χ1n) is 6.50. The monoisotopic (exact) mass is 308 g/mol. The van der Waals surface area contributed by atoms with Gasteiger partial charge in [-0.15, -0.1) is 0 Å². The molecule has 2 heterocycles. The fourth-order valence-electron chi connectivity index (χ4n) is 2.79. The predicted molar refractivity (Wildman–Crippen MR) is 68.1 cm³/mol. The van der Waals surface area contributed by atoms with Gasteiger partial charge in [-0.2, -0.15) is 0 Å². The average molecular weight is 308 g/mol. The normalized spacial score (nSPS) is 24.8. The molecule has 0 spiro atoms. The molecule has 1 N–H and O–H groups in total. The van der Waals surface area contributed by atoms with Gasteiger partial charge in [-0.3, -0.25) is 29.4 Å². The highest BCUT2D eigenvalue weighted by Gasteiger charge is 2.60. The largest absolute Gasteiger partial charge is 0.294 e. The molecule has 1 fully saturated rings. The molecule has 1 unspecified atom stereocenters. The molecule has 2 aliphatic rings. The fourth-order valence-corrected chi connectivity index (χ4v) is 2.79. The Morgan fingerprint density at radius 3 is 2.05 bits per heavy atom. The van der Waals surface area contributed by atoms with E-state index in [1.807, 2.05) is 0 Å². The number of amides is 4. The molecule has 8 heteroatoms. The van der Waals surface area contributed by atoms with Gasteiger partial charge in [-0.25, -0.2) is 8.78 Å². The van der Waals surface area contributed by atoms with Gasteiger partial charge in [0.15, 0.2) is 5.54 Å². The standard InChI is InChI=1S/C14H10F2N2O4/c15-12(16)14(6-5-9(19)17-13(14)22)18-10(20)7-3-1-2-4-8(7)11(18)21/h1-4,12H,5-6H2,(H,17,19,22). The zero-order valence-corrected chi connectivity index (χ0v) is 11.1. The molecule has 3 rings (SSSR count). The number of hydrogen-bond donors (Lipinski definition) is 1. The van der Waals surface area contributed by atoms with Crippen LogP contribution in [0.25, 0.3) is 0 Å². The van der Waals surface area contributed by atoms with Crippen LogP contribution in [-0.4, -0.2) is 40.5 Å². The maximum Gasteiger partial charge on any atom is 0.271 e. The van der Waals surface area contributed by atoms with Gasteiger partial charge in [0, 0.05) is 6.42 Å². The molecule has 1 aromatic rings. The number of benzene rings is 1. The van der Waals surface area contributed by atoms with Crippen molar-refractivity contribution in [1.29, 1.82) is 0 Å². The quantitative estimate of drug-likeness (QED) is 0.816. The van der Waals surface area contributed by atoms with Crippen molar-refractivity contribution in [1.82, 2.24) is 10.2 Å². The molecule has 1 aromatic carbocycles. The van der Waals surface area contributed by atoms with E-state index in [9.17, 15) is 28.0 Å². The van der Waals surface area contributed by atoms with Crippen LogP contribution in [0.4, 0.5) is 8.78 Å². The molecule has 0 saturated carbocycles. The Labute approximate surface area is 123 Å². The zero-order chi connectivity index (χ0) is 16.1. The highest BCUT2D eigenvalue weighted by molar-refractivity contribution is 6.24. The van der Waals surface area contributed by atoms with E-state index in [1.54, 1.807) is 5.32 Å². The summed E-state index contributed by atoms with van der Waals surface area (Å²) in [5.41, 5.74) is -2.71. The summed E-state index contributed by atoms with van der Waals surface area (Å²) in [5.74, 6) is -3.94. The van der Waals surface area contributed by atoms with Crippen molar-refractivity contribution < 1.29 is 28.0 Å². The highest BCUT2D eigenvalue weighted by atomic mass is 19.3. The van der Waals surface area contributed by atoms with Gasteiger partial charge in [-0.1, -0.05) is 12.1 Å². The van der Waals surface area contributed by atoms with Gasteiger partial charge in [0.2, 0.25) is 5.91 Å². The first kappa shape index (κ1) is 14.3. The molecule has 2 aliphatic heterocycles. The lowest BCUT2D eigenvalue weighted by atomic mass is 9.87. The number of alkyl halides is 2. The van der Waals surface area contributed by atoms with Crippen LogP contribution in [0.1, 0.15) is 33.6 Å². The lowest BCUT2D eigenvalue weighted by Gasteiger charge is -2.40. The Morgan fingerprint density at radius 2 is 1.59 bits per heavy atom. The number of piperidine rings is 1. The second-order valence-electron chi connectivity index (χ2n) is 5.09. The van der Waals surface area contributed by atoms with Crippen LogP contribution in [-0.2, 0) is 9.59 Å². The topological polar surface area (TPSA) is 83.6 Å². The van der Waals surface area contributed by atoms with E-state index in [0.29, 0.717) is 4.90 Å². The minimum Gasteiger partial charge on any atom is -0.294 e. The van der Waals surface area contributed by atoms with E-state index in [-0.39, 0.29) is 17.5 Å². The van der Waals surface area contributed by atoms with Crippen molar-refractivity contribution in [2.45, 2.75) is 24.8 Å². The number of halogens is 2. The Morgan fingerprint density at radius 1 is 1.05 bits per heavy atom. The zero-order valence-electron chi connectivity index (χ0n) is 11.1. The summed E-state index contributed by atoms with van der Waals surface area (Å²) in [6.45, 7) is 0. The number of hydrogen-bond acceptors (Lipinski definition) is 4. The van der Waals surface area contributed by atoms with Crippen LogP contribution in [0.5, 0.6) is 0 Å². The van der Waals surface area contributed by atoms with Crippen molar-refractivity contribution in [2.24, 2.45) is 0 Å². The lowest BCUT2D eigenvalue weighted by Crippen LogP contribution is -2.68. The van der Waals surface area contributed by atoms with E-state index >= 15 is 0 Å². The summed E-state index contributed by atoms with van der Waals surface area (Å²) in [6, 6.07) is 5.65. The number of carbonyl (C=O) groups excluding carboxylic acids is 4. The summed E-state index contributed by atoms with van der Waals surface area (Å²) < 4.78 is 27.3. The number of imide groups is 2. The Bertz CT molecular complexity index is 684. The third kappa shape index (κ3) is 1.69.